The van der Waals surface area contributed by atoms with E-state index in [4.69, 9.17) is 18.6 Å². The largest absolute Gasteiger partial charge is 0.494 e. The Balaban J connectivity index is 1.53. The summed E-state index contributed by atoms with van der Waals surface area (Å²) in [5.74, 6) is 0.861. The second-order valence-corrected chi connectivity index (χ2v) is 6.07. The van der Waals surface area contributed by atoms with Gasteiger partial charge in [-0.05, 0) is 50.2 Å². The highest BCUT2D eigenvalue weighted by Gasteiger charge is 2.20. The van der Waals surface area contributed by atoms with Gasteiger partial charge >= 0.3 is 5.97 Å². The van der Waals surface area contributed by atoms with E-state index in [1.807, 2.05) is 6.92 Å². The van der Waals surface area contributed by atoms with E-state index in [1.54, 1.807) is 31.2 Å². The van der Waals surface area contributed by atoms with E-state index in [1.165, 1.54) is 24.3 Å². The predicted octanol–water partition coefficient (Wildman–Crippen LogP) is 3.73. The van der Waals surface area contributed by atoms with E-state index in [-0.39, 0.29) is 24.1 Å². The smallest absolute Gasteiger partial charge is 0.344 e. The lowest BCUT2D eigenvalue weighted by atomic mass is 10.2. The van der Waals surface area contributed by atoms with Crippen LogP contribution in [0.1, 0.15) is 25.8 Å². The zero-order valence-corrected chi connectivity index (χ0v) is 16.3. The number of nitro benzene ring substituents is 1. The quantitative estimate of drug-likeness (QED) is 0.293. The lowest BCUT2D eigenvalue weighted by molar-refractivity contribution is -0.384. The number of ether oxygens (including phenoxy) is 3. The summed E-state index contributed by atoms with van der Waals surface area (Å²) < 4.78 is 21.5. The van der Waals surface area contributed by atoms with Crippen LogP contribution in [0.25, 0.3) is 11.5 Å². The molecule has 0 aliphatic heterocycles. The van der Waals surface area contributed by atoms with Crippen LogP contribution in [0.3, 0.4) is 0 Å². The molecule has 0 fully saturated rings. The van der Waals surface area contributed by atoms with Crippen molar-refractivity contribution in [3.05, 3.63) is 64.5 Å². The number of nitrogens with zero attached hydrogens (tertiary/aromatic N) is 3. The molecule has 0 saturated carbocycles. The zero-order chi connectivity index (χ0) is 21.5. The van der Waals surface area contributed by atoms with E-state index in [9.17, 15) is 14.9 Å². The number of nitro groups is 1. The Morgan fingerprint density at radius 2 is 1.70 bits per heavy atom. The van der Waals surface area contributed by atoms with Crippen LogP contribution in [-0.4, -0.2) is 34.3 Å². The fraction of sp³-hybridized carbons (Fsp3) is 0.250. The average molecular weight is 413 g/mol. The lowest BCUT2D eigenvalue weighted by Crippen LogP contribution is -2.17. The van der Waals surface area contributed by atoms with Gasteiger partial charge in [-0.15, -0.1) is 10.2 Å². The highest BCUT2D eigenvalue weighted by Crippen LogP contribution is 2.24. The standard InChI is InChI=1S/C20H19N3O7/c1-3-27-16-8-10-17(11-9-16)28-12-18(24)29-13(2)19-21-22-20(30-19)14-4-6-15(7-5-14)23(25)26/h4-11,13H,3,12H2,1-2H3. The molecule has 1 aromatic heterocycles. The molecule has 1 unspecified atom stereocenters. The minimum absolute atomic E-state index is 0.0479. The topological polar surface area (TPSA) is 127 Å². The number of carbonyl (C=O) groups excluding carboxylic acids is 1. The second-order valence-electron chi connectivity index (χ2n) is 6.07. The maximum absolute atomic E-state index is 12.0. The van der Waals surface area contributed by atoms with Crippen LogP contribution >= 0.6 is 0 Å². The van der Waals surface area contributed by atoms with Crippen molar-refractivity contribution in [1.82, 2.24) is 10.2 Å². The summed E-state index contributed by atoms with van der Waals surface area (Å²) in [4.78, 5) is 22.2. The molecule has 0 saturated heterocycles. The van der Waals surface area contributed by atoms with Gasteiger partial charge in [0, 0.05) is 17.7 Å². The van der Waals surface area contributed by atoms with Gasteiger partial charge in [0.05, 0.1) is 11.5 Å². The van der Waals surface area contributed by atoms with E-state index in [0.29, 0.717) is 23.7 Å². The SMILES string of the molecule is CCOc1ccc(OCC(=O)OC(C)c2nnc(-c3ccc([N+](=O)[O-])cc3)o2)cc1. The summed E-state index contributed by atoms with van der Waals surface area (Å²) in [6.45, 7) is 3.75. The highest BCUT2D eigenvalue weighted by molar-refractivity contribution is 5.71. The van der Waals surface area contributed by atoms with E-state index in [0.717, 1.165) is 0 Å². The Labute approximate surface area is 171 Å². The third kappa shape index (κ3) is 5.31. The molecule has 10 heteroatoms. The van der Waals surface area contributed by atoms with E-state index in [2.05, 4.69) is 10.2 Å². The van der Waals surface area contributed by atoms with Crippen LogP contribution in [0.5, 0.6) is 11.5 Å². The maximum atomic E-state index is 12.0. The molecule has 0 amide bonds. The molecule has 30 heavy (non-hydrogen) atoms. The lowest BCUT2D eigenvalue weighted by Gasteiger charge is -2.10. The molecule has 0 spiro atoms. The first-order valence-corrected chi connectivity index (χ1v) is 9.09. The number of benzene rings is 2. The second kappa shape index (κ2) is 9.50. The zero-order valence-electron chi connectivity index (χ0n) is 16.3. The molecule has 1 heterocycles. The van der Waals surface area contributed by atoms with Gasteiger partial charge in [-0.1, -0.05) is 0 Å². The molecule has 0 radical (unpaired) electrons. The third-order valence-electron chi connectivity index (χ3n) is 3.91. The summed E-state index contributed by atoms with van der Waals surface area (Å²) in [6, 6.07) is 12.5. The van der Waals surface area contributed by atoms with Crippen molar-refractivity contribution >= 4 is 11.7 Å². The Kier molecular flexibility index (Phi) is 6.58. The molecule has 0 aliphatic rings. The predicted molar refractivity (Wildman–Crippen MR) is 104 cm³/mol. The molecular weight excluding hydrogens is 394 g/mol. The number of rotatable bonds is 9. The van der Waals surface area contributed by atoms with Crippen molar-refractivity contribution in [2.45, 2.75) is 20.0 Å². The van der Waals surface area contributed by atoms with Gasteiger partial charge in [0.25, 0.3) is 11.6 Å². The van der Waals surface area contributed by atoms with Crippen LogP contribution in [0, 0.1) is 10.1 Å². The van der Waals surface area contributed by atoms with Crippen molar-refractivity contribution in [2.75, 3.05) is 13.2 Å². The minimum atomic E-state index is -0.791. The Morgan fingerprint density at radius 1 is 1.07 bits per heavy atom. The molecular formula is C20H19N3O7. The molecule has 3 aromatic rings. The van der Waals surface area contributed by atoms with E-state index < -0.39 is 17.0 Å². The third-order valence-corrected chi connectivity index (χ3v) is 3.91. The summed E-state index contributed by atoms with van der Waals surface area (Å²) in [5.41, 5.74) is 0.463. The average Bonchev–Trinajstić information content (AvgIpc) is 3.24. The van der Waals surface area contributed by atoms with Crippen molar-refractivity contribution in [2.24, 2.45) is 0 Å². The van der Waals surface area contributed by atoms with Gasteiger partial charge in [-0.3, -0.25) is 10.1 Å². The van der Waals surface area contributed by atoms with Crippen LogP contribution in [-0.2, 0) is 9.53 Å². The summed E-state index contributed by atoms with van der Waals surface area (Å²) in [5, 5.41) is 18.5. The maximum Gasteiger partial charge on any atom is 0.344 e. The van der Waals surface area contributed by atoms with Crippen LogP contribution in [0.15, 0.2) is 52.9 Å². The van der Waals surface area contributed by atoms with Crippen LogP contribution in [0.2, 0.25) is 0 Å². The fourth-order valence-electron chi connectivity index (χ4n) is 2.46. The summed E-state index contributed by atoms with van der Waals surface area (Å²) in [6.07, 6.45) is -0.791. The van der Waals surface area contributed by atoms with Gasteiger partial charge in [0.1, 0.15) is 11.5 Å². The van der Waals surface area contributed by atoms with Crippen molar-refractivity contribution in [1.29, 1.82) is 0 Å². The van der Waals surface area contributed by atoms with Crippen molar-refractivity contribution < 1.29 is 28.3 Å². The van der Waals surface area contributed by atoms with Gasteiger partial charge in [-0.2, -0.15) is 0 Å². The minimum Gasteiger partial charge on any atom is -0.494 e. The van der Waals surface area contributed by atoms with Gasteiger partial charge in [-0.25, -0.2) is 4.79 Å². The van der Waals surface area contributed by atoms with Crippen LogP contribution < -0.4 is 9.47 Å². The molecule has 0 N–H and O–H groups in total. The molecule has 3 rings (SSSR count). The molecule has 2 aromatic carbocycles. The molecule has 0 bridgehead atoms. The Hall–Kier alpha value is -3.95. The van der Waals surface area contributed by atoms with Gasteiger partial charge in [0.2, 0.25) is 5.89 Å². The van der Waals surface area contributed by atoms with E-state index >= 15 is 0 Å². The number of hydrogen-bond acceptors (Lipinski definition) is 9. The molecule has 1 atom stereocenters. The first kappa shape index (κ1) is 20.8. The van der Waals surface area contributed by atoms with Crippen molar-refractivity contribution in [3.63, 3.8) is 0 Å². The summed E-state index contributed by atoms with van der Waals surface area (Å²) in [7, 11) is 0. The molecule has 10 nitrogen and oxygen atoms in total. The molecule has 0 aliphatic carbocycles. The number of hydrogen-bond donors (Lipinski definition) is 0. The fourth-order valence-corrected chi connectivity index (χ4v) is 2.46. The van der Waals surface area contributed by atoms with Gasteiger partial charge < -0.3 is 18.6 Å². The highest BCUT2D eigenvalue weighted by atomic mass is 16.6. The van der Waals surface area contributed by atoms with Crippen molar-refractivity contribution in [3.8, 4) is 23.0 Å². The first-order chi connectivity index (χ1) is 14.5. The summed E-state index contributed by atoms with van der Waals surface area (Å²) >= 11 is 0. The normalized spacial score (nSPS) is 11.5. The Bertz CT molecular complexity index is 1000. The number of carbonyl (C=O) groups is 1. The number of non-ortho nitro benzene ring substituents is 1. The van der Waals surface area contributed by atoms with Gasteiger partial charge in [0.15, 0.2) is 12.7 Å². The number of aromatic nitrogens is 2. The monoisotopic (exact) mass is 413 g/mol. The number of esters is 1. The van der Waals surface area contributed by atoms with Crippen LogP contribution in [0.4, 0.5) is 5.69 Å². The first-order valence-electron chi connectivity index (χ1n) is 9.09. The Morgan fingerprint density at radius 3 is 2.30 bits per heavy atom. The molecule has 156 valence electrons.